The molecule has 2 aromatic rings. The van der Waals surface area contributed by atoms with E-state index in [0.717, 1.165) is 6.42 Å². The summed E-state index contributed by atoms with van der Waals surface area (Å²) in [7, 11) is 0. The third-order valence-electron chi connectivity index (χ3n) is 3.93. The van der Waals surface area contributed by atoms with E-state index in [1.54, 1.807) is 5.56 Å². The molecule has 17 heavy (non-hydrogen) atoms. The van der Waals surface area contributed by atoms with Gasteiger partial charge >= 0.3 is 0 Å². The van der Waals surface area contributed by atoms with E-state index in [2.05, 4.69) is 48.0 Å². The fourth-order valence-electron chi connectivity index (χ4n) is 2.89. The second kappa shape index (κ2) is 4.19. The van der Waals surface area contributed by atoms with Crippen LogP contribution in [0, 0.1) is 0 Å². The number of benzene rings is 1. The van der Waals surface area contributed by atoms with E-state index in [0.29, 0.717) is 6.04 Å². The van der Waals surface area contributed by atoms with Gasteiger partial charge in [-0.1, -0.05) is 18.2 Å². The molecule has 2 nitrogen and oxygen atoms in total. The summed E-state index contributed by atoms with van der Waals surface area (Å²) in [6.45, 7) is 6.94. The van der Waals surface area contributed by atoms with Crippen molar-refractivity contribution in [3.8, 4) is 0 Å². The molecule has 0 saturated carbocycles. The average Bonchev–Trinajstić information content (AvgIpc) is 2.53. The van der Waals surface area contributed by atoms with E-state index >= 15 is 0 Å². The topological polar surface area (TPSA) is 19.0 Å². The van der Waals surface area contributed by atoms with Gasteiger partial charge in [-0.15, -0.1) is 0 Å². The first-order chi connectivity index (χ1) is 8.25. The smallest absolute Gasteiger partial charge is 0.0458 e. The number of para-hydroxylation sites is 1. The molecule has 0 unspecified atom stereocenters. The molecule has 1 aromatic carbocycles. The molecule has 0 saturated heterocycles. The molecule has 1 N–H and O–H groups in total. The van der Waals surface area contributed by atoms with Crippen LogP contribution < -0.4 is 0 Å². The molecular formula is C15H20N2. The van der Waals surface area contributed by atoms with Crippen molar-refractivity contribution < 1.29 is 0 Å². The van der Waals surface area contributed by atoms with Gasteiger partial charge in [-0.05, 0) is 31.9 Å². The second-order valence-corrected chi connectivity index (χ2v) is 5.26. The Morgan fingerprint density at radius 1 is 1.12 bits per heavy atom. The van der Waals surface area contributed by atoms with Crippen LogP contribution in [0.1, 0.15) is 25.1 Å². The SMILES string of the molecule is CC(C)N1CCc2[nH]c3ccccc3c2CC1. The Hall–Kier alpha value is -1.28. The first-order valence-corrected chi connectivity index (χ1v) is 6.58. The first-order valence-electron chi connectivity index (χ1n) is 6.58. The average molecular weight is 228 g/mol. The van der Waals surface area contributed by atoms with Gasteiger partial charge in [0.2, 0.25) is 0 Å². The number of hydrogen-bond donors (Lipinski definition) is 1. The molecule has 0 bridgehead atoms. The minimum absolute atomic E-state index is 0.658. The van der Waals surface area contributed by atoms with Crippen molar-refractivity contribution in [3.05, 3.63) is 35.5 Å². The highest BCUT2D eigenvalue weighted by molar-refractivity contribution is 5.84. The van der Waals surface area contributed by atoms with E-state index in [-0.39, 0.29) is 0 Å². The molecule has 0 atom stereocenters. The van der Waals surface area contributed by atoms with Crippen molar-refractivity contribution in [2.24, 2.45) is 0 Å². The number of H-pyrrole nitrogens is 1. The maximum absolute atomic E-state index is 3.59. The van der Waals surface area contributed by atoms with Gasteiger partial charge in [0.1, 0.15) is 0 Å². The Morgan fingerprint density at radius 2 is 1.88 bits per heavy atom. The summed E-state index contributed by atoms with van der Waals surface area (Å²) < 4.78 is 0. The highest BCUT2D eigenvalue weighted by atomic mass is 15.1. The van der Waals surface area contributed by atoms with Crippen LogP contribution in [0.25, 0.3) is 10.9 Å². The summed E-state index contributed by atoms with van der Waals surface area (Å²) >= 11 is 0. The van der Waals surface area contributed by atoms with Crippen LogP contribution in [0.15, 0.2) is 24.3 Å². The molecule has 2 heteroatoms. The van der Waals surface area contributed by atoms with Crippen LogP contribution in [0.5, 0.6) is 0 Å². The number of aromatic nitrogens is 1. The maximum atomic E-state index is 3.59. The van der Waals surface area contributed by atoms with Gasteiger partial charge in [-0.2, -0.15) is 0 Å². The second-order valence-electron chi connectivity index (χ2n) is 5.26. The van der Waals surface area contributed by atoms with E-state index in [1.165, 1.54) is 36.1 Å². The van der Waals surface area contributed by atoms with Crippen LogP contribution in [0.2, 0.25) is 0 Å². The number of hydrogen-bond acceptors (Lipinski definition) is 1. The zero-order valence-corrected chi connectivity index (χ0v) is 10.7. The fraction of sp³-hybridized carbons (Fsp3) is 0.467. The molecule has 2 heterocycles. The molecule has 0 aliphatic carbocycles. The molecule has 90 valence electrons. The van der Waals surface area contributed by atoms with Crippen molar-refractivity contribution in [2.75, 3.05) is 13.1 Å². The third kappa shape index (κ3) is 1.87. The van der Waals surface area contributed by atoms with E-state index < -0.39 is 0 Å². The highest BCUT2D eigenvalue weighted by Gasteiger charge is 2.19. The molecule has 1 aromatic heterocycles. The van der Waals surface area contributed by atoms with E-state index in [9.17, 15) is 0 Å². The number of fused-ring (bicyclic) bond motifs is 3. The Bertz CT molecular complexity index is 525. The maximum Gasteiger partial charge on any atom is 0.0458 e. The summed E-state index contributed by atoms with van der Waals surface area (Å²) in [6, 6.07) is 9.34. The number of rotatable bonds is 1. The van der Waals surface area contributed by atoms with Crippen molar-refractivity contribution in [3.63, 3.8) is 0 Å². The fourth-order valence-corrected chi connectivity index (χ4v) is 2.89. The molecule has 0 spiro atoms. The van der Waals surface area contributed by atoms with Crippen LogP contribution in [-0.4, -0.2) is 29.0 Å². The molecule has 0 radical (unpaired) electrons. The Labute approximate surface area is 103 Å². The van der Waals surface area contributed by atoms with Crippen LogP contribution >= 0.6 is 0 Å². The van der Waals surface area contributed by atoms with Crippen LogP contribution in [-0.2, 0) is 12.8 Å². The zero-order chi connectivity index (χ0) is 11.8. The first kappa shape index (κ1) is 10.8. The minimum atomic E-state index is 0.658. The summed E-state index contributed by atoms with van der Waals surface area (Å²) in [6.07, 6.45) is 2.33. The Kier molecular flexibility index (Phi) is 2.67. The van der Waals surface area contributed by atoms with Gasteiger partial charge in [-0.3, -0.25) is 0 Å². The van der Waals surface area contributed by atoms with Gasteiger partial charge in [0.25, 0.3) is 0 Å². The number of nitrogens with one attached hydrogen (secondary N) is 1. The summed E-state index contributed by atoms with van der Waals surface area (Å²) in [5.41, 5.74) is 4.30. The highest BCUT2D eigenvalue weighted by Crippen LogP contribution is 2.25. The molecule has 1 aliphatic rings. The molecule has 0 amide bonds. The minimum Gasteiger partial charge on any atom is -0.358 e. The monoisotopic (exact) mass is 228 g/mol. The number of aromatic amines is 1. The van der Waals surface area contributed by atoms with E-state index in [1.807, 2.05) is 0 Å². The van der Waals surface area contributed by atoms with Crippen LogP contribution in [0.3, 0.4) is 0 Å². The van der Waals surface area contributed by atoms with E-state index in [4.69, 9.17) is 0 Å². The molecule has 3 rings (SSSR count). The molecule has 0 fully saturated rings. The predicted molar refractivity (Wildman–Crippen MR) is 72.4 cm³/mol. The van der Waals surface area contributed by atoms with Crippen molar-refractivity contribution in [1.29, 1.82) is 0 Å². The lowest BCUT2D eigenvalue weighted by Gasteiger charge is -2.24. The third-order valence-corrected chi connectivity index (χ3v) is 3.93. The lowest BCUT2D eigenvalue weighted by atomic mass is 10.1. The van der Waals surface area contributed by atoms with Gasteiger partial charge in [0.05, 0.1) is 0 Å². The predicted octanol–water partition coefficient (Wildman–Crippen LogP) is 2.98. The Balaban J connectivity index is 1.98. The van der Waals surface area contributed by atoms with Crippen molar-refractivity contribution in [1.82, 2.24) is 9.88 Å². The molecular weight excluding hydrogens is 208 g/mol. The van der Waals surface area contributed by atoms with Gasteiger partial charge < -0.3 is 9.88 Å². The normalized spacial score (nSPS) is 17.4. The van der Waals surface area contributed by atoms with Gasteiger partial charge in [0, 0.05) is 42.1 Å². The summed E-state index contributed by atoms with van der Waals surface area (Å²) in [4.78, 5) is 6.16. The number of nitrogens with zero attached hydrogens (tertiary/aromatic N) is 1. The van der Waals surface area contributed by atoms with Crippen molar-refractivity contribution >= 4 is 10.9 Å². The zero-order valence-electron chi connectivity index (χ0n) is 10.7. The van der Waals surface area contributed by atoms with Crippen molar-refractivity contribution in [2.45, 2.75) is 32.7 Å². The summed E-state index contributed by atoms with van der Waals surface area (Å²) in [5.74, 6) is 0. The lowest BCUT2D eigenvalue weighted by molar-refractivity contribution is 0.232. The molecule has 1 aliphatic heterocycles. The summed E-state index contributed by atoms with van der Waals surface area (Å²) in [5, 5.41) is 1.42. The van der Waals surface area contributed by atoms with Crippen LogP contribution in [0.4, 0.5) is 0 Å². The standard InChI is InChI=1S/C15H20N2/c1-11(2)17-9-7-13-12-5-3-4-6-14(12)16-15(13)8-10-17/h3-6,11,16H,7-10H2,1-2H3. The largest absolute Gasteiger partial charge is 0.358 e. The lowest BCUT2D eigenvalue weighted by Crippen LogP contribution is -2.33. The Morgan fingerprint density at radius 3 is 2.71 bits per heavy atom. The van der Waals surface area contributed by atoms with Gasteiger partial charge in [-0.25, -0.2) is 0 Å². The quantitative estimate of drug-likeness (QED) is 0.795. The van der Waals surface area contributed by atoms with Gasteiger partial charge in [0.15, 0.2) is 0 Å².